The van der Waals surface area contributed by atoms with E-state index in [4.69, 9.17) is 17.3 Å². The summed E-state index contributed by atoms with van der Waals surface area (Å²) in [5, 5.41) is 9.33. The van der Waals surface area contributed by atoms with Gasteiger partial charge in [-0.15, -0.1) is 0 Å². The summed E-state index contributed by atoms with van der Waals surface area (Å²) in [4.78, 5) is 0. The van der Waals surface area contributed by atoms with Crippen molar-refractivity contribution >= 4 is 11.6 Å². The van der Waals surface area contributed by atoms with Crippen LogP contribution in [0.25, 0.3) is 0 Å². The smallest absolute Gasteiger partial charge is 0.388 e. The van der Waals surface area contributed by atoms with E-state index in [-0.39, 0.29) is 5.02 Å². The Morgan fingerprint density at radius 3 is 2.15 bits per heavy atom. The summed E-state index contributed by atoms with van der Waals surface area (Å²) in [7, 11) is 0. The molecular weight excluding hydrogens is 312 g/mol. The fraction of sp³-hybridized carbons (Fsp3) is 0.455. The van der Waals surface area contributed by atoms with Crippen molar-refractivity contribution in [2.45, 2.75) is 30.9 Å². The first kappa shape index (κ1) is 17.1. The normalized spacial score (nSPS) is 16.1. The molecular formula is C11H10ClF6NO. The molecule has 0 aliphatic rings. The van der Waals surface area contributed by atoms with Crippen LogP contribution >= 0.6 is 11.6 Å². The molecule has 114 valence electrons. The lowest BCUT2D eigenvalue weighted by molar-refractivity contribution is -0.154. The number of nitrogens with two attached hydrogens (primary N) is 1. The second kappa shape index (κ2) is 5.79. The number of alkyl halides is 6. The third-order valence-corrected chi connectivity index (χ3v) is 2.92. The van der Waals surface area contributed by atoms with Crippen molar-refractivity contribution in [2.24, 2.45) is 5.73 Å². The highest BCUT2D eigenvalue weighted by atomic mass is 35.5. The minimum absolute atomic E-state index is 0.264. The molecule has 0 heterocycles. The zero-order valence-electron chi connectivity index (χ0n) is 9.76. The van der Waals surface area contributed by atoms with Crippen LogP contribution in [-0.4, -0.2) is 17.3 Å². The molecule has 1 aromatic carbocycles. The Bertz CT molecular complexity index is 473. The Morgan fingerprint density at radius 2 is 1.70 bits per heavy atom. The number of rotatable bonds is 3. The lowest BCUT2D eigenvalue weighted by Gasteiger charge is -2.20. The van der Waals surface area contributed by atoms with Gasteiger partial charge < -0.3 is 10.8 Å². The highest BCUT2D eigenvalue weighted by Gasteiger charge is 2.38. The Morgan fingerprint density at radius 1 is 1.15 bits per heavy atom. The fourth-order valence-corrected chi connectivity index (χ4v) is 1.72. The van der Waals surface area contributed by atoms with Crippen molar-refractivity contribution in [2.75, 3.05) is 0 Å². The van der Waals surface area contributed by atoms with Gasteiger partial charge >= 0.3 is 12.4 Å². The second-order valence-electron chi connectivity index (χ2n) is 4.13. The second-order valence-corrected chi connectivity index (χ2v) is 4.54. The molecule has 0 unspecified atom stereocenters. The third kappa shape index (κ3) is 4.26. The van der Waals surface area contributed by atoms with Gasteiger partial charge in [0.1, 0.15) is 6.04 Å². The van der Waals surface area contributed by atoms with Gasteiger partial charge in [0, 0.05) is 11.4 Å². The monoisotopic (exact) mass is 321 g/mol. The lowest BCUT2D eigenvalue weighted by atomic mass is 10.00. The molecule has 0 aliphatic heterocycles. The van der Waals surface area contributed by atoms with E-state index < -0.39 is 42.0 Å². The van der Waals surface area contributed by atoms with Crippen molar-refractivity contribution in [3.8, 4) is 0 Å². The number of benzene rings is 1. The molecule has 0 bridgehead atoms. The predicted molar refractivity (Wildman–Crippen MR) is 60.1 cm³/mol. The molecule has 0 amide bonds. The van der Waals surface area contributed by atoms with E-state index in [1.807, 2.05) is 0 Å². The molecule has 0 saturated heterocycles. The van der Waals surface area contributed by atoms with Gasteiger partial charge in [-0.25, -0.2) is 0 Å². The van der Waals surface area contributed by atoms with E-state index in [0.29, 0.717) is 12.1 Å². The SMILES string of the molecule is N[C@@H](C[C@@H](O)c1cc(C(F)(F)F)ccc1Cl)C(F)(F)F. The highest BCUT2D eigenvalue weighted by Crippen LogP contribution is 2.35. The molecule has 0 saturated carbocycles. The van der Waals surface area contributed by atoms with E-state index in [1.165, 1.54) is 0 Å². The van der Waals surface area contributed by atoms with Gasteiger partial charge in [0.25, 0.3) is 0 Å². The van der Waals surface area contributed by atoms with Crippen LogP contribution in [0.5, 0.6) is 0 Å². The quantitative estimate of drug-likeness (QED) is 0.834. The lowest BCUT2D eigenvalue weighted by Crippen LogP contribution is -2.38. The Hall–Kier alpha value is -0.990. The molecule has 2 atom stereocenters. The summed E-state index contributed by atoms with van der Waals surface area (Å²) in [6.07, 6.45) is -12.3. The van der Waals surface area contributed by atoms with Gasteiger partial charge in [-0.2, -0.15) is 26.3 Å². The molecule has 0 fully saturated rings. The van der Waals surface area contributed by atoms with E-state index in [0.717, 1.165) is 6.07 Å². The molecule has 3 N–H and O–H groups in total. The molecule has 0 radical (unpaired) electrons. The zero-order valence-corrected chi connectivity index (χ0v) is 10.5. The maximum Gasteiger partial charge on any atom is 0.416 e. The van der Waals surface area contributed by atoms with Crippen LogP contribution in [0.15, 0.2) is 18.2 Å². The van der Waals surface area contributed by atoms with Crippen LogP contribution in [0.1, 0.15) is 23.7 Å². The van der Waals surface area contributed by atoms with E-state index in [9.17, 15) is 31.4 Å². The number of aliphatic hydroxyl groups is 1. The van der Waals surface area contributed by atoms with Gasteiger partial charge in [-0.1, -0.05) is 11.6 Å². The summed E-state index contributed by atoms with van der Waals surface area (Å²) in [5.74, 6) is 0. The topological polar surface area (TPSA) is 46.2 Å². The van der Waals surface area contributed by atoms with Gasteiger partial charge in [0.15, 0.2) is 0 Å². The number of halogens is 7. The number of hydrogen-bond acceptors (Lipinski definition) is 2. The summed E-state index contributed by atoms with van der Waals surface area (Å²) in [5.41, 5.74) is 3.25. The first-order chi connectivity index (χ1) is 8.93. The first-order valence-electron chi connectivity index (χ1n) is 5.30. The predicted octanol–water partition coefficient (Wildman–Crippen LogP) is 3.67. The summed E-state index contributed by atoms with van der Waals surface area (Å²) >= 11 is 5.59. The van der Waals surface area contributed by atoms with Crippen molar-refractivity contribution in [3.05, 3.63) is 34.3 Å². The number of aliphatic hydroxyl groups excluding tert-OH is 1. The Balaban J connectivity index is 3.01. The number of hydrogen-bond donors (Lipinski definition) is 2. The largest absolute Gasteiger partial charge is 0.416 e. The maximum absolute atomic E-state index is 12.5. The highest BCUT2D eigenvalue weighted by molar-refractivity contribution is 6.31. The van der Waals surface area contributed by atoms with Crippen LogP contribution < -0.4 is 5.73 Å². The summed E-state index contributed by atoms with van der Waals surface area (Å²) in [6.45, 7) is 0. The minimum atomic E-state index is -4.75. The third-order valence-electron chi connectivity index (χ3n) is 2.58. The molecule has 0 aliphatic carbocycles. The first-order valence-corrected chi connectivity index (χ1v) is 5.67. The van der Waals surface area contributed by atoms with Gasteiger partial charge in [0.05, 0.1) is 11.7 Å². The van der Waals surface area contributed by atoms with Crippen molar-refractivity contribution in [3.63, 3.8) is 0 Å². The maximum atomic E-state index is 12.5. The van der Waals surface area contributed by atoms with Gasteiger partial charge in [-0.05, 0) is 23.8 Å². The molecule has 1 rings (SSSR count). The summed E-state index contributed by atoms with van der Waals surface area (Å²) in [6, 6.07) is -0.316. The molecule has 9 heteroatoms. The summed E-state index contributed by atoms with van der Waals surface area (Å²) < 4.78 is 74.2. The van der Waals surface area contributed by atoms with E-state index in [1.54, 1.807) is 0 Å². The van der Waals surface area contributed by atoms with Crippen molar-refractivity contribution < 1.29 is 31.4 Å². The Kier molecular flexibility index (Phi) is 4.94. The van der Waals surface area contributed by atoms with Gasteiger partial charge in [0.2, 0.25) is 0 Å². The Labute approximate surface area is 115 Å². The van der Waals surface area contributed by atoms with Crippen molar-refractivity contribution in [1.29, 1.82) is 0 Å². The van der Waals surface area contributed by atoms with Crippen LogP contribution in [0.4, 0.5) is 26.3 Å². The molecule has 2 nitrogen and oxygen atoms in total. The minimum Gasteiger partial charge on any atom is -0.388 e. The molecule has 0 spiro atoms. The van der Waals surface area contributed by atoms with Gasteiger partial charge in [-0.3, -0.25) is 0 Å². The molecule has 1 aromatic rings. The van der Waals surface area contributed by atoms with Crippen LogP contribution in [0.3, 0.4) is 0 Å². The average Bonchev–Trinajstić information content (AvgIpc) is 2.26. The van der Waals surface area contributed by atoms with E-state index in [2.05, 4.69) is 0 Å². The zero-order chi connectivity index (χ0) is 15.7. The standard InChI is InChI=1S/C11H10ClF6NO/c12-7-2-1-5(10(13,14)15)3-6(7)8(20)4-9(19)11(16,17)18/h1-3,8-9,20H,4,19H2/t8-,9+/m1/s1. The average molecular weight is 322 g/mol. The van der Waals surface area contributed by atoms with Crippen LogP contribution in [0, 0.1) is 0 Å². The van der Waals surface area contributed by atoms with Crippen LogP contribution in [-0.2, 0) is 6.18 Å². The van der Waals surface area contributed by atoms with E-state index >= 15 is 0 Å². The van der Waals surface area contributed by atoms with Crippen LogP contribution in [0.2, 0.25) is 5.02 Å². The molecule has 0 aromatic heterocycles. The fourth-order valence-electron chi connectivity index (χ4n) is 1.48. The van der Waals surface area contributed by atoms with Crippen molar-refractivity contribution in [1.82, 2.24) is 0 Å². The molecule has 20 heavy (non-hydrogen) atoms.